The van der Waals surface area contributed by atoms with Crippen LogP contribution >= 0.6 is 23.1 Å². The van der Waals surface area contributed by atoms with Crippen molar-refractivity contribution in [2.24, 2.45) is 0 Å². The molecule has 2 aliphatic carbocycles. The second-order valence-electron chi connectivity index (χ2n) is 6.30. The molecule has 2 heterocycles. The lowest BCUT2D eigenvalue weighted by molar-refractivity contribution is -0.120. The topological polar surface area (TPSA) is 59.8 Å². The van der Waals surface area contributed by atoms with E-state index in [9.17, 15) is 4.79 Å². The fourth-order valence-corrected chi connectivity index (χ4v) is 4.18. The van der Waals surface area contributed by atoms with Crippen LogP contribution in [0.3, 0.4) is 0 Å². The Morgan fingerprint density at radius 1 is 1.43 bits per heavy atom. The second-order valence-corrected chi connectivity index (χ2v) is 8.64. The summed E-state index contributed by atoms with van der Waals surface area (Å²) < 4.78 is 2.26. The van der Waals surface area contributed by atoms with E-state index in [-0.39, 0.29) is 11.2 Å². The Balaban J connectivity index is 1.49. The first kappa shape index (κ1) is 15.2. The van der Waals surface area contributed by atoms with Crippen molar-refractivity contribution in [3.8, 4) is 0 Å². The van der Waals surface area contributed by atoms with Gasteiger partial charge in [0.1, 0.15) is 5.82 Å². The summed E-state index contributed by atoms with van der Waals surface area (Å²) in [6, 6.07) is 5.12. The highest BCUT2D eigenvalue weighted by atomic mass is 32.2. The van der Waals surface area contributed by atoms with Gasteiger partial charge < -0.3 is 9.88 Å². The molecule has 0 bridgehead atoms. The Hall–Kier alpha value is -1.34. The third-order valence-electron chi connectivity index (χ3n) is 4.13. The molecule has 7 heteroatoms. The highest BCUT2D eigenvalue weighted by Gasteiger charge is 2.32. The zero-order chi connectivity index (χ0) is 15.8. The van der Waals surface area contributed by atoms with Gasteiger partial charge in [-0.1, -0.05) is 17.8 Å². The zero-order valence-electron chi connectivity index (χ0n) is 13.1. The molecule has 1 amide bonds. The number of aromatic nitrogens is 3. The van der Waals surface area contributed by atoms with Crippen LogP contribution < -0.4 is 5.32 Å². The molecule has 0 unspecified atom stereocenters. The minimum Gasteiger partial charge on any atom is -0.352 e. The first-order chi connectivity index (χ1) is 11.2. The normalized spacial score (nSPS) is 18.8. The van der Waals surface area contributed by atoms with E-state index in [0.29, 0.717) is 12.1 Å². The molecule has 1 N–H and O–H groups in total. The van der Waals surface area contributed by atoms with Gasteiger partial charge in [0.15, 0.2) is 5.16 Å². The molecule has 2 fully saturated rings. The Labute approximate surface area is 143 Å². The zero-order valence-corrected chi connectivity index (χ0v) is 14.7. The predicted molar refractivity (Wildman–Crippen MR) is 91.9 cm³/mol. The van der Waals surface area contributed by atoms with Crippen LogP contribution in [-0.2, 0) is 11.2 Å². The number of hydrogen-bond donors (Lipinski definition) is 1. The van der Waals surface area contributed by atoms with Crippen molar-refractivity contribution in [2.75, 3.05) is 0 Å². The van der Waals surface area contributed by atoms with E-state index in [4.69, 9.17) is 0 Å². The van der Waals surface area contributed by atoms with Crippen LogP contribution in [0.25, 0.3) is 0 Å². The molecule has 0 saturated heterocycles. The molecule has 0 aliphatic heterocycles. The van der Waals surface area contributed by atoms with Crippen LogP contribution in [0.15, 0.2) is 22.7 Å². The quantitative estimate of drug-likeness (QED) is 0.782. The summed E-state index contributed by atoms with van der Waals surface area (Å²) in [5.74, 6) is 1.13. The third-order valence-corrected chi connectivity index (χ3v) is 6.07. The van der Waals surface area contributed by atoms with Gasteiger partial charge in [0, 0.05) is 23.4 Å². The molecule has 2 aliphatic rings. The fraction of sp³-hybridized carbons (Fsp3) is 0.562. The van der Waals surface area contributed by atoms with Crippen LogP contribution in [0.5, 0.6) is 0 Å². The predicted octanol–water partition coefficient (Wildman–Crippen LogP) is 3.02. The van der Waals surface area contributed by atoms with Crippen LogP contribution in [-0.4, -0.2) is 32.0 Å². The molecule has 23 heavy (non-hydrogen) atoms. The maximum Gasteiger partial charge on any atom is 0.233 e. The monoisotopic (exact) mass is 348 g/mol. The molecule has 2 aromatic rings. The number of hydrogen-bond acceptors (Lipinski definition) is 5. The van der Waals surface area contributed by atoms with Crippen LogP contribution in [0, 0.1) is 0 Å². The lowest BCUT2D eigenvalue weighted by atomic mass is 10.3. The van der Waals surface area contributed by atoms with Crippen molar-refractivity contribution in [3.63, 3.8) is 0 Å². The van der Waals surface area contributed by atoms with E-state index in [0.717, 1.165) is 30.2 Å². The van der Waals surface area contributed by atoms with Gasteiger partial charge in [-0.3, -0.25) is 4.79 Å². The number of thioether (sulfide) groups is 1. The van der Waals surface area contributed by atoms with Gasteiger partial charge in [-0.25, -0.2) is 0 Å². The lowest BCUT2D eigenvalue weighted by Gasteiger charge is -2.13. The molecule has 4 rings (SSSR count). The Bertz CT molecular complexity index is 689. The van der Waals surface area contributed by atoms with E-state index in [1.807, 2.05) is 6.92 Å². The molecule has 2 aromatic heterocycles. The van der Waals surface area contributed by atoms with Crippen molar-refractivity contribution >= 4 is 29.0 Å². The maximum atomic E-state index is 12.2. The largest absolute Gasteiger partial charge is 0.352 e. The summed E-state index contributed by atoms with van der Waals surface area (Å²) in [4.78, 5) is 13.5. The molecule has 0 radical (unpaired) electrons. The van der Waals surface area contributed by atoms with Gasteiger partial charge in [-0.2, -0.15) is 0 Å². The number of thiophene rings is 1. The molecular weight excluding hydrogens is 328 g/mol. The molecule has 5 nitrogen and oxygen atoms in total. The Morgan fingerprint density at radius 2 is 2.26 bits per heavy atom. The van der Waals surface area contributed by atoms with Gasteiger partial charge in [-0.05, 0) is 44.1 Å². The van der Waals surface area contributed by atoms with Crippen molar-refractivity contribution in [3.05, 3.63) is 28.2 Å². The molecule has 1 atom stereocenters. The smallest absolute Gasteiger partial charge is 0.233 e. The van der Waals surface area contributed by atoms with Crippen molar-refractivity contribution in [1.29, 1.82) is 0 Å². The van der Waals surface area contributed by atoms with Crippen molar-refractivity contribution in [2.45, 2.75) is 61.5 Å². The Morgan fingerprint density at radius 3 is 2.91 bits per heavy atom. The third kappa shape index (κ3) is 3.61. The minimum absolute atomic E-state index is 0.114. The molecule has 0 aromatic carbocycles. The fourth-order valence-electron chi connectivity index (χ4n) is 2.53. The Kier molecular flexibility index (Phi) is 4.15. The van der Waals surface area contributed by atoms with E-state index in [1.165, 1.54) is 29.5 Å². The average molecular weight is 348 g/mol. The van der Waals surface area contributed by atoms with Gasteiger partial charge >= 0.3 is 0 Å². The summed E-state index contributed by atoms with van der Waals surface area (Å²) in [5, 5.41) is 14.7. The number of nitrogens with one attached hydrogen (secondary N) is 1. The molecule has 122 valence electrons. The highest BCUT2D eigenvalue weighted by Crippen LogP contribution is 2.40. The van der Waals surface area contributed by atoms with Crippen LogP contribution in [0.2, 0.25) is 0 Å². The maximum absolute atomic E-state index is 12.2. The second kappa shape index (κ2) is 6.28. The lowest BCUT2D eigenvalue weighted by Crippen LogP contribution is -2.32. The number of nitrogens with zero attached hydrogens (tertiary/aromatic N) is 3. The number of rotatable bonds is 7. The first-order valence-corrected chi connectivity index (χ1v) is 9.90. The number of carbonyl (C=O) groups is 1. The minimum atomic E-state index is -0.133. The van der Waals surface area contributed by atoms with E-state index in [2.05, 4.69) is 37.6 Å². The summed E-state index contributed by atoms with van der Waals surface area (Å²) in [7, 11) is 0. The summed E-state index contributed by atoms with van der Waals surface area (Å²) >= 11 is 3.28. The highest BCUT2D eigenvalue weighted by molar-refractivity contribution is 8.00. The van der Waals surface area contributed by atoms with Gasteiger partial charge in [0.05, 0.1) is 5.25 Å². The van der Waals surface area contributed by atoms with Crippen molar-refractivity contribution in [1.82, 2.24) is 20.1 Å². The van der Waals surface area contributed by atoms with E-state index >= 15 is 0 Å². The van der Waals surface area contributed by atoms with Gasteiger partial charge in [-0.15, -0.1) is 21.5 Å². The summed E-state index contributed by atoms with van der Waals surface area (Å²) in [5.41, 5.74) is 0. The standard InChI is InChI=1S/C16H20N4OS2/c1-10(15(21)17-11-4-5-11)23-16-19-18-14(20(16)12-6-7-12)9-13-3-2-8-22-13/h2-3,8,10-12H,4-7,9H2,1H3,(H,17,21)/t10-/m0/s1. The molecule has 2 saturated carbocycles. The molecular formula is C16H20N4OS2. The summed E-state index contributed by atoms with van der Waals surface area (Å²) in [6.07, 6.45) is 5.43. The van der Waals surface area contributed by atoms with Crippen LogP contribution in [0.4, 0.5) is 0 Å². The van der Waals surface area contributed by atoms with Crippen LogP contribution in [0.1, 0.15) is 49.4 Å². The van der Waals surface area contributed by atoms with Crippen molar-refractivity contribution < 1.29 is 4.79 Å². The summed E-state index contributed by atoms with van der Waals surface area (Å²) in [6.45, 7) is 1.95. The molecule has 0 spiro atoms. The van der Waals surface area contributed by atoms with Gasteiger partial charge in [0.25, 0.3) is 0 Å². The number of carbonyl (C=O) groups excluding carboxylic acids is 1. The average Bonchev–Trinajstić information content (AvgIpc) is 3.45. The van der Waals surface area contributed by atoms with Gasteiger partial charge in [0.2, 0.25) is 5.91 Å². The number of amides is 1. The van der Waals surface area contributed by atoms with E-state index < -0.39 is 0 Å². The van der Waals surface area contributed by atoms with E-state index in [1.54, 1.807) is 11.3 Å². The SMILES string of the molecule is C[C@H](Sc1nnc(Cc2cccs2)n1C1CC1)C(=O)NC1CC1. The first-order valence-electron chi connectivity index (χ1n) is 8.14.